The molecule has 18 heavy (non-hydrogen) atoms. The van der Waals surface area contributed by atoms with Gasteiger partial charge >= 0.3 is 0 Å². The molecule has 0 saturated carbocycles. The van der Waals surface area contributed by atoms with E-state index in [9.17, 15) is 4.79 Å². The zero-order valence-electron chi connectivity index (χ0n) is 10.3. The molecule has 5 heteroatoms. The third kappa shape index (κ3) is 2.82. The summed E-state index contributed by atoms with van der Waals surface area (Å²) >= 11 is 0. The quantitative estimate of drug-likeness (QED) is 0.893. The predicted molar refractivity (Wildman–Crippen MR) is 69.8 cm³/mol. The molecule has 1 aromatic heterocycles. The molecule has 5 nitrogen and oxygen atoms in total. The molecule has 0 aliphatic carbocycles. The van der Waals surface area contributed by atoms with Crippen molar-refractivity contribution < 1.29 is 4.79 Å². The Morgan fingerprint density at radius 2 is 1.72 bits per heavy atom. The van der Waals surface area contributed by atoms with Crippen molar-refractivity contribution >= 4 is 17.5 Å². The van der Waals surface area contributed by atoms with Gasteiger partial charge in [0.1, 0.15) is 0 Å². The fourth-order valence-corrected chi connectivity index (χ4v) is 1.45. The minimum atomic E-state index is -0.0162. The smallest absolute Gasteiger partial charge is 0.253 e. The maximum Gasteiger partial charge on any atom is 0.253 e. The molecular formula is C13H14N4O. The number of anilines is 2. The lowest BCUT2D eigenvalue weighted by atomic mass is 10.2. The summed E-state index contributed by atoms with van der Waals surface area (Å²) in [5.41, 5.74) is 1.50. The Bertz CT molecular complexity index is 522. The van der Waals surface area contributed by atoms with Gasteiger partial charge in [-0.3, -0.25) is 4.79 Å². The summed E-state index contributed by atoms with van der Waals surface area (Å²) in [6, 6.07) is 8.95. The third-order valence-corrected chi connectivity index (χ3v) is 2.36. The van der Waals surface area contributed by atoms with Gasteiger partial charge in [0.15, 0.2) is 0 Å². The van der Waals surface area contributed by atoms with Crippen LogP contribution in [0, 0.1) is 0 Å². The molecule has 0 aliphatic rings. The summed E-state index contributed by atoms with van der Waals surface area (Å²) in [6.45, 7) is 0. The number of benzene rings is 1. The van der Waals surface area contributed by atoms with Gasteiger partial charge in [-0.25, -0.2) is 9.97 Å². The van der Waals surface area contributed by atoms with Crippen LogP contribution in [0.4, 0.5) is 11.6 Å². The molecule has 0 saturated heterocycles. The molecule has 92 valence electrons. The molecule has 0 atom stereocenters. The van der Waals surface area contributed by atoms with Crippen molar-refractivity contribution in [1.29, 1.82) is 0 Å². The van der Waals surface area contributed by atoms with Gasteiger partial charge in [-0.2, -0.15) is 0 Å². The minimum Gasteiger partial charge on any atom is -0.345 e. The van der Waals surface area contributed by atoms with Crippen LogP contribution >= 0.6 is 0 Å². The molecule has 0 spiro atoms. The Morgan fingerprint density at radius 3 is 2.28 bits per heavy atom. The first-order valence-electron chi connectivity index (χ1n) is 5.52. The Hall–Kier alpha value is -2.43. The van der Waals surface area contributed by atoms with Gasteiger partial charge in [0.25, 0.3) is 5.91 Å². The summed E-state index contributed by atoms with van der Waals surface area (Å²) in [5.74, 6) is 0.515. The average Bonchev–Trinajstić information content (AvgIpc) is 2.40. The first-order chi connectivity index (χ1) is 8.66. The van der Waals surface area contributed by atoms with E-state index in [4.69, 9.17) is 0 Å². The number of hydrogen-bond donors (Lipinski definition) is 1. The molecular weight excluding hydrogens is 228 g/mol. The maximum absolute atomic E-state index is 11.7. The SMILES string of the molecule is CN(C)C(=O)c1ccc(Nc2ncccn2)cc1. The van der Waals surface area contributed by atoms with Crippen molar-refractivity contribution in [2.75, 3.05) is 19.4 Å². The molecule has 1 aromatic carbocycles. The van der Waals surface area contributed by atoms with Gasteiger partial charge in [0.05, 0.1) is 0 Å². The monoisotopic (exact) mass is 242 g/mol. The molecule has 1 heterocycles. The number of carbonyl (C=O) groups is 1. The summed E-state index contributed by atoms with van der Waals surface area (Å²) in [5, 5.41) is 3.05. The fourth-order valence-electron chi connectivity index (χ4n) is 1.45. The lowest BCUT2D eigenvalue weighted by Gasteiger charge is -2.10. The van der Waals surface area contributed by atoms with E-state index < -0.39 is 0 Å². The van der Waals surface area contributed by atoms with Crippen molar-refractivity contribution in [2.45, 2.75) is 0 Å². The van der Waals surface area contributed by atoms with E-state index in [2.05, 4.69) is 15.3 Å². The fraction of sp³-hybridized carbons (Fsp3) is 0.154. The normalized spacial score (nSPS) is 9.89. The van der Waals surface area contributed by atoms with E-state index in [0.717, 1.165) is 5.69 Å². The number of amides is 1. The van der Waals surface area contributed by atoms with Crippen LogP contribution in [-0.2, 0) is 0 Å². The van der Waals surface area contributed by atoms with Crippen LogP contribution in [0.2, 0.25) is 0 Å². The molecule has 0 radical (unpaired) electrons. The van der Waals surface area contributed by atoms with Gasteiger partial charge in [0.2, 0.25) is 5.95 Å². The summed E-state index contributed by atoms with van der Waals surface area (Å²) < 4.78 is 0. The zero-order valence-corrected chi connectivity index (χ0v) is 10.3. The van der Waals surface area contributed by atoms with E-state index in [0.29, 0.717) is 11.5 Å². The predicted octanol–water partition coefficient (Wildman–Crippen LogP) is 1.92. The summed E-state index contributed by atoms with van der Waals surface area (Å²) in [7, 11) is 3.46. The van der Waals surface area contributed by atoms with Crippen LogP contribution in [0.25, 0.3) is 0 Å². The number of rotatable bonds is 3. The van der Waals surface area contributed by atoms with Gasteiger partial charge in [0, 0.05) is 37.7 Å². The number of hydrogen-bond acceptors (Lipinski definition) is 4. The van der Waals surface area contributed by atoms with E-state index >= 15 is 0 Å². The third-order valence-electron chi connectivity index (χ3n) is 2.36. The van der Waals surface area contributed by atoms with Crippen LogP contribution in [0.15, 0.2) is 42.7 Å². The van der Waals surface area contributed by atoms with Crippen molar-refractivity contribution in [2.24, 2.45) is 0 Å². The van der Waals surface area contributed by atoms with Crippen LogP contribution in [0.1, 0.15) is 10.4 Å². The molecule has 1 N–H and O–H groups in total. The van der Waals surface area contributed by atoms with Crippen LogP contribution in [0.3, 0.4) is 0 Å². The highest BCUT2D eigenvalue weighted by molar-refractivity contribution is 5.94. The minimum absolute atomic E-state index is 0.0162. The Labute approximate surface area is 105 Å². The average molecular weight is 242 g/mol. The molecule has 0 unspecified atom stereocenters. The Balaban J connectivity index is 2.11. The van der Waals surface area contributed by atoms with Crippen LogP contribution in [-0.4, -0.2) is 34.9 Å². The standard InChI is InChI=1S/C13H14N4O/c1-17(2)12(18)10-4-6-11(7-5-10)16-13-14-8-3-9-15-13/h3-9H,1-2H3,(H,14,15,16). The summed E-state index contributed by atoms with van der Waals surface area (Å²) in [4.78, 5) is 21.4. The Morgan fingerprint density at radius 1 is 1.11 bits per heavy atom. The van der Waals surface area contributed by atoms with E-state index in [1.807, 2.05) is 12.1 Å². The highest BCUT2D eigenvalue weighted by Crippen LogP contribution is 2.13. The highest BCUT2D eigenvalue weighted by Gasteiger charge is 2.07. The van der Waals surface area contributed by atoms with Gasteiger partial charge in [-0.1, -0.05) is 0 Å². The van der Waals surface area contributed by atoms with Crippen molar-refractivity contribution in [3.05, 3.63) is 48.3 Å². The molecule has 1 amide bonds. The van der Waals surface area contributed by atoms with Gasteiger partial charge < -0.3 is 10.2 Å². The summed E-state index contributed by atoms with van der Waals surface area (Å²) in [6.07, 6.45) is 3.33. The van der Waals surface area contributed by atoms with Crippen LogP contribution < -0.4 is 5.32 Å². The lowest BCUT2D eigenvalue weighted by Crippen LogP contribution is -2.21. The second-order valence-electron chi connectivity index (χ2n) is 3.97. The molecule has 2 rings (SSSR count). The molecule has 0 bridgehead atoms. The van der Waals surface area contributed by atoms with E-state index in [-0.39, 0.29) is 5.91 Å². The second-order valence-corrected chi connectivity index (χ2v) is 3.97. The molecule has 0 aliphatic heterocycles. The molecule has 2 aromatic rings. The van der Waals surface area contributed by atoms with E-state index in [1.165, 1.54) is 0 Å². The van der Waals surface area contributed by atoms with Crippen molar-refractivity contribution in [3.63, 3.8) is 0 Å². The first kappa shape index (κ1) is 12.0. The zero-order chi connectivity index (χ0) is 13.0. The largest absolute Gasteiger partial charge is 0.345 e. The first-order valence-corrected chi connectivity index (χ1v) is 5.52. The van der Waals surface area contributed by atoms with Gasteiger partial charge in [-0.05, 0) is 30.3 Å². The second kappa shape index (κ2) is 5.27. The number of aromatic nitrogens is 2. The van der Waals surface area contributed by atoms with Gasteiger partial charge in [-0.15, -0.1) is 0 Å². The molecule has 0 fully saturated rings. The van der Waals surface area contributed by atoms with Crippen molar-refractivity contribution in [1.82, 2.24) is 14.9 Å². The number of nitrogens with zero attached hydrogens (tertiary/aromatic N) is 3. The number of carbonyl (C=O) groups excluding carboxylic acids is 1. The van der Waals surface area contributed by atoms with E-state index in [1.54, 1.807) is 49.6 Å². The number of nitrogens with one attached hydrogen (secondary N) is 1. The lowest BCUT2D eigenvalue weighted by molar-refractivity contribution is 0.0827. The topological polar surface area (TPSA) is 58.1 Å². The highest BCUT2D eigenvalue weighted by atomic mass is 16.2. The van der Waals surface area contributed by atoms with Crippen molar-refractivity contribution in [3.8, 4) is 0 Å². The Kier molecular flexibility index (Phi) is 3.52. The van der Waals surface area contributed by atoms with Crippen LogP contribution in [0.5, 0.6) is 0 Å². The maximum atomic E-state index is 11.7.